The molecule has 1 N–H and O–H groups in total. The van der Waals surface area contributed by atoms with Crippen LogP contribution in [-0.4, -0.2) is 22.4 Å². The fraction of sp³-hybridized carbons (Fsp3) is 0.438. The van der Waals surface area contributed by atoms with E-state index in [4.69, 9.17) is 0 Å². The number of benzene rings is 1. The molecule has 0 amide bonds. The van der Waals surface area contributed by atoms with Gasteiger partial charge in [0, 0.05) is 24.9 Å². The Bertz CT molecular complexity index is 542. The molecule has 3 nitrogen and oxygen atoms in total. The van der Waals surface area contributed by atoms with Crippen LogP contribution in [0.4, 0.5) is 0 Å². The highest BCUT2D eigenvalue weighted by atomic mass is 15.3. The molecule has 0 aliphatic heterocycles. The highest BCUT2D eigenvalue weighted by Gasteiger charge is 2.13. The van der Waals surface area contributed by atoms with Gasteiger partial charge in [-0.3, -0.25) is 4.68 Å². The molecule has 0 saturated heterocycles. The summed E-state index contributed by atoms with van der Waals surface area (Å²) >= 11 is 0. The average Bonchev–Trinajstić information content (AvgIpc) is 2.74. The summed E-state index contributed by atoms with van der Waals surface area (Å²) in [5.41, 5.74) is 2.37. The molecular formula is C16H23N3. The van der Waals surface area contributed by atoms with E-state index in [0.29, 0.717) is 6.04 Å². The fourth-order valence-electron chi connectivity index (χ4n) is 2.46. The van der Waals surface area contributed by atoms with E-state index in [1.165, 1.54) is 16.6 Å². The minimum atomic E-state index is 0.427. The Balaban J connectivity index is 2.20. The number of nitrogens with zero attached hydrogens (tertiary/aromatic N) is 2. The molecule has 3 heteroatoms. The van der Waals surface area contributed by atoms with Crippen LogP contribution in [0.5, 0.6) is 0 Å². The second-order valence-corrected chi connectivity index (χ2v) is 4.97. The van der Waals surface area contributed by atoms with Crippen LogP contribution in [0.25, 0.3) is 10.9 Å². The summed E-state index contributed by atoms with van der Waals surface area (Å²) in [7, 11) is 2.01. The standard InChI is InChI=1S/C16H23N3/c1-4-8-13(17-11-5-2)12-15-14-9-6-7-10-16(14)19(3)18-15/h4,6-7,9-10,13,17H,1,5,8,11-12H2,2-3H3. The summed E-state index contributed by atoms with van der Waals surface area (Å²) in [4.78, 5) is 0. The molecule has 0 aliphatic carbocycles. The van der Waals surface area contributed by atoms with Crippen molar-refractivity contribution in [2.24, 2.45) is 7.05 Å². The minimum Gasteiger partial charge on any atom is -0.313 e. The molecular weight excluding hydrogens is 234 g/mol. The molecule has 2 aromatic rings. The van der Waals surface area contributed by atoms with Crippen LogP contribution in [0.3, 0.4) is 0 Å². The molecule has 102 valence electrons. The van der Waals surface area contributed by atoms with Gasteiger partial charge < -0.3 is 5.32 Å². The van der Waals surface area contributed by atoms with Crippen molar-refractivity contribution in [1.29, 1.82) is 0 Å². The van der Waals surface area contributed by atoms with Crippen LogP contribution in [0.15, 0.2) is 36.9 Å². The number of nitrogens with one attached hydrogen (secondary N) is 1. The van der Waals surface area contributed by atoms with Crippen molar-refractivity contribution in [3.05, 3.63) is 42.6 Å². The lowest BCUT2D eigenvalue weighted by Crippen LogP contribution is -2.31. The van der Waals surface area contributed by atoms with Gasteiger partial charge in [-0.05, 0) is 25.5 Å². The third kappa shape index (κ3) is 3.24. The van der Waals surface area contributed by atoms with Crippen molar-refractivity contribution in [2.75, 3.05) is 6.54 Å². The molecule has 19 heavy (non-hydrogen) atoms. The van der Waals surface area contributed by atoms with Crippen molar-refractivity contribution in [2.45, 2.75) is 32.2 Å². The van der Waals surface area contributed by atoms with E-state index in [9.17, 15) is 0 Å². The minimum absolute atomic E-state index is 0.427. The van der Waals surface area contributed by atoms with Crippen molar-refractivity contribution in [3.8, 4) is 0 Å². The Morgan fingerprint density at radius 3 is 2.95 bits per heavy atom. The third-order valence-electron chi connectivity index (χ3n) is 3.41. The molecule has 2 rings (SSSR count). The summed E-state index contributed by atoms with van der Waals surface area (Å²) in [6, 6.07) is 8.84. The quantitative estimate of drug-likeness (QED) is 0.773. The lowest BCUT2D eigenvalue weighted by molar-refractivity contribution is 0.506. The maximum atomic E-state index is 4.66. The molecule has 1 unspecified atom stereocenters. The Morgan fingerprint density at radius 1 is 1.42 bits per heavy atom. The van der Waals surface area contributed by atoms with Gasteiger partial charge in [0.05, 0.1) is 11.2 Å². The van der Waals surface area contributed by atoms with E-state index in [2.05, 4.69) is 48.2 Å². The van der Waals surface area contributed by atoms with Gasteiger partial charge in [0.2, 0.25) is 0 Å². The first kappa shape index (κ1) is 13.8. The number of fused-ring (bicyclic) bond motifs is 1. The van der Waals surface area contributed by atoms with E-state index in [0.717, 1.165) is 25.8 Å². The van der Waals surface area contributed by atoms with Crippen molar-refractivity contribution < 1.29 is 0 Å². The molecule has 1 aromatic heterocycles. The third-order valence-corrected chi connectivity index (χ3v) is 3.41. The molecule has 0 radical (unpaired) electrons. The molecule has 1 aromatic carbocycles. The van der Waals surface area contributed by atoms with Gasteiger partial charge >= 0.3 is 0 Å². The molecule has 1 heterocycles. The van der Waals surface area contributed by atoms with E-state index < -0.39 is 0 Å². The van der Waals surface area contributed by atoms with Crippen molar-refractivity contribution in [3.63, 3.8) is 0 Å². The van der Waals surface area contributed by atoms with E-state index in [1.54, 1.807) is 0 Å². The Kier molecular flexibility index (Phi) is 4.74. The zero-order valence-corrected chi connectivity index (χ0v) is 11.9. The maximum absolute atomic E-state index is 4.66. The van der Waals surface area contributed by atoms with Gasteiger partial charge in [-0.1, -0.05) is 31.2 Å². The zero-order chi connectivity index (χ0) is 13.7. The van der Waals surface area contributed by atoms with E-state index >= 15 is 0 Å². The number of para-hydroxylation sites is 1. The summed E-state index contributed by atoms with van der Waals surface area (Å²) in [5, 5.41) is 9.50. The first-order valence-electron chi connectivity index (χ1n) is 7.01. The first-order chi connectivity index (χ1) is 9.26. The highest BCUT2D eigenvalue weighted by Crippen LogP contribution is 2.19. The number of hydrogen-bond donors (Lipinski definition) is 1. The topological polar surface area (TPSA) is 29.9 Å². The Labute approximate surface area is 115 Å². The predicted molar refractivity (Wildman–Crippen MR) is 81.3 cm³/mol. The summed E-state index contributed by atoms with van der Waals surface area (Å²) in [5.74, 6) is 0. The van der Waals surface area contributed by atoms with Crippen LogP contribution in [0, 0.1) is 0 Å². The van der Waals surface area contributed by atoms with Gasteiger partial charge in [-0.15, -0.1) is 6.58 Å². The molecule has 0 bridgehead atoms. The maximum Gasteiger partial charge on any atom is 0.0718 e. The fourth-order valence-corrected chi connectivity index (χ4v) is 2.46. The normalized spacial score (nSPS) is 12.7. The predicted octanol–water partition coefficient (Wildman–Crippen LogP) is 3.06. The largest absolute Gasteiger partial charge is 0.313 e. The summed E-state index contributed by atoms with van der Waals surface area (Å²) < 4.78 is 1.97. The van der Waals surface area contributed by atoms with Gasteiger partial charge in [0.1, 0.15) is 0 Å². The highest BCUT2D eigenvalue weighted by molar-refractivity contribution is 5.81. The second kappa shape index (κ2) is 6.53. The van der Waals surface area contributed by atoms with Crippen LogP contribution in [0.2, 0.25) is 0 Å². The lowest BCUT2D eigenvalue weighted by Gasteiger charge is -2.15. The lowest BCUT2D eigenvalue weighted by atomic mass is 10.0. The van der Waals surface area contributed by atoms with Crippen molar-refractivity contribution >= 4 is 10.9 Å². The summed E-state index contributed by atoms with van der Waals surface area (Å²) in [6.45, 7) is 7.09. The molecule has 0 aliphatic rings. The first-order valence-corrected chi connectivity index (χ1v) is 7.01. The Hall–Kier alpha value is -1.61. The number of rotatable bonds is 7. The molecule has 0 saturated carbocycles. The molecule has 0 spiro atoms. The van der Waals surface area contributed by atoms with Crippen LogP contribution in [0.1, 0.15) is 25.5 Å². The SMILES string of the molecule is C=CCC(Cc1nn(C)c2ccccc12)NCCC. The Morgan fingerprint density at radius 2 is 2.21 bits per heavy atom. The van der Waals surface area contributed by atoms with Crippen LogP contribution >= 0.6 is 0 Å². The summed E-state index contributed by atoms with van der Waals surface area (Å²) in [6.07, 6.45) is 5.06. The van der Waals surface area contributed by atoms with Gasteiger partial charge in [0.25, 0.3) is 0 Å². The van der Waals surface area contributed by atoms with E-state index in [1.807, 2.05) is 17.8 Å². The molecule has 1 atom stereocenters. The van der Waals surface area contributed by atoms with Gasteiger partial charge in [-0.25, -0.2) is 0 Å². The zero-order valence-electron chi connectivity index (χ0n) is 11.9. The van der Waals surface area contributed by atoms with E-state index in [-0.39, 0.29) is 0 Å². The van der Waals surface area contributed by atoms with Crippen molar-refractivity contribution in [1.82, 2.24) is 15.1 Å². The second-order valence-electron chi connectivity index (χ2n) is 4.97. The van der Waals surface area contributed by atoms with Crippen LogP contribution in [-0.2, 0) is 13.5 Å². The monoisotopic (exact) mass is 257 g/mol. The average molecular weight is 257 g/mol. The van der Waals surface area contributed by atoms with Gasteiger partial charge in [-0.2, -0.15) is 5.10 Å². The number of hydrogen-bond acceptors (Lipinski definition) is 2. The van der Waals surface area contributed by atoms with Crippen LogP contribution < -0.4 is 5.32 Å². The number of aryl methyl sites for hydroxylation is 1. The molecule has 0 fully saturated rings. The van der Waals surface area contributed by atoms with Gasteiger partial charge in [0.15, 0.2) is 0 Å². The smallest absolute Gasteiger partial charge is 0.0718 e. The number of aromatic nitrogens is 2.